The molecule has 2 heterocycles. The number of carbonyl (C=O) groups excluding carboxylic acids is 1. The molecule has 4 rings (SSSR count). The molecule has 3 aromatic rings. The molecule has 0 atom stereocenters. The second kappa shape index (κ2) is 7.74. The molecule has 2 aromatic carbocycles. The van der Waals surface area contributed by atoms with Crippen molar-refractivity contribution >= 4 is 35.0 Å². The van der Waals surface area contributed by atoms with Crippen LogP contribution in [0.5, 0.6) is 0 Å². The third kappa shape index (κ3) is 3.59. The van der Waals surface area contributed by atoms with Crippen LogP contribution in [0.2, 0.25) is 5.02 Å². The molecular weight excluding hydrogens is 380 g/mol. The fourth-order valence-electron chi connectivity index (χ4n) is 3.32. The summed E-state index contributed by atoms with van der Waals surface area (Å²) in [6.45, 7) is 3.50. The van der Waals surface area contributed by atoms with E-state index in [1.807, 2.05) is 58.9 Å². The molecule has 138 valence electrons. The number of fused-ring (bicyclic) bond motifs is 1. The maximum atomic E-state index is 12.7. The maximum absolute atomic E-state index is 12.7. The van der Waals surface area contributed by atoms with Crippen LogP contribution < -0.4 is 4.90 Å². The van der Waals surface area contributed by atoms with Crippen LogP contribution in [0.3, 0.4) is 0 Å². The van der Waals surface area contributed by atoms with Crippen LogP contribution in [0.15, 0.2) is 53.7 Å². The van der Waals surface area contributed by atoms with Gasteiger partial charge in [0, 0.05) is 29.4 Å². The number of carbonyl (C=O) groups is 1. The molecule has 0 bridgehead atoms. The van der Waals surface area contributed by atoms with Gasteiger partial charge in [0.05, 0.1) is 5.75 Å². The average Bonchev–Trinajstić information content (AvgIpc) is 3.30. The van der Waals surface area contributed by atoms with Crippen LogP contribution in [-0.2, 0) is 17.8 Å². The van der Waals surface area contributed by atoms with E-state index in [4.69, 9.17) is 11.6 Å². The summed E-state index contributed by atoms with van der Waals surface area (Å²) in [4.78, 5) is 14.6. The molecule has 5 nitrogen and oxygen atoms in total. The van der Waals surface area contributed by atoms with Crippen LogP contribution >= 0.6 is 23.4 Å². The number of nitrogens with zero attached hydrogens (tertiary/aromatic N) is 4. The minimum absolute atomic E-state index is 0.0971. The van der Waals surface area contributed by atoms with Crippen molar-refractivity contribution in [3.05, 3.63) is 59.1 Å². The number of halogens is 1. The van der Waals surface area contributed by atoms with E-state index < -0.39 is 0 Å². The van der Waals surface area contributed by atoms with Gasteiger partial charge in [-0.2, -0.15) is 0 Å². The second-order valence-electron chi connectivity index (χ2n) is 6.27. The number of benzene rings is 2. The molecule has 0 unspecified atom stereocenters. The van der Waals surface area contributed by atoms with Gasteiger partial charge in [-0.25, -0.2) is 0 Å². The smallest absolute Gasteiger partial charge is 0.237 e. The highest BCUT2D eigenvalue weighted by Crippen LogP contribution is 2.30. The van der Waals surface area contributed by atoms with Crippen molar-refractivity contribution in [2.45, 2.75) is 25.0 Å². The zero-order valence-electron chi connectivity index (χ0n) is 14.9. The fourth-order valence-corrected chi connectivity index (χ4v) is 4.39. The van der Waals surface area contributed by atoms with Crippen molar-refractivity contribution < 1.29 is 4.79 Å². The largest absolute Gasteiger partial charge is 0.311 e. The van der Waals surface area contributed by atoms with Crippen LogP contribution in [0, 0.1) is 0 Å². The van der Waals surface area contributed by atoms with Gasteiger partial charge >= 0.3 is 0 Å². The van der Waals surface area contributed by atoms with Crippen molar-refractivity contribution in [1.82, 2.24) is 14.8 Å². The first kappa shape index (κ1) is 18.1. The average molecular weight is 399 g/mol. The Labute approximate surface area is 167 Å². The standard InChI is InChI=1S/C20H19ClN4OS/c1-2-24-19(15-7-5-8-16(21)12-15)22-23-20(24)27-13-18(26)25-11-10-14-6-3-4-9-17(14)25/h3-9,12H,2,10-11,13H2,1H3. The lowest BCUT2D eigenvalue weighted by Gasteiger charge is -2.17. The highest BCUT2D eigenvalue weighted by atomic mass is 35.5. The number of hydrogen-bond acceptors (Lipinski definition) is 4. The summed E-state index contributed by atoms with van der Waals surface area (Å²) in [5, 5.41) is 10.0. The molecule has 0 N–H and O–H groups in total. The van der Waals surface area contributed by atoms with E-state index in [1.165, 1.54) is 17.3 Å². The molecule has 1 amide bonds. The molecule has 0 aliphatic carbocycles. The van der Waals surface area contributed by atoms with E-state index in [-0.39, 0.29) is 5.91 Å². The Morgan fingerprint density at radius 2 is 2.04 bits per heavy atom. The van der Waals surface area contributed by atoms with Crippen molar-refractivity contribution in [1.29, 1.82) is 0 Å². The molecule has 0 saturated carbocycles. The quantitative estimate of drug-likeness (QED) is 0.601. The van der Waals surface area contributed by atoms with Crippen LogP contribution in [0.1, 0.15) is 12.5 Å². The van der Waals surface area contributed by atoms with Gasteiger partial charge in [-0.3, -0.25) is 4.79 Å². The van der Waals surface area contributed by atoms with E-state index in [2.05, 4.69) is 16.3 Å². The second-order valence-corrected chi connectivity index (χ2v) is 7.65. The van der Waals surface area contributed by atoms with Gasteiger partial charge < -0.3 is 9.47 Å². The first-order valence-corrected chi connectivity index (χ1v) is 10.2. The normalized spacial score (nSPS) is 13.0. The first-order chi connectivity index (χ1) is 13.2. The zero-order valence-corrected chi connectivity index (χ0v) is 16.5. The van der Waals surface area contributed by atoms with Gasteiger partial charge in [-0.15, -0.1) is 10.2 Å². The molecule has 0 saturated heterocycles. The molecule has 1 aliphatic rings. The Bertz CT molecular complexity index is 988. The summed E-state index contributed by atoms with van der Waals surface area (Å²) < 4.78 is 2.02. The minimum atomic E-state index is 0.0971. The molecule has 0 spiro atoms. The van der Waals surface area contributed by atoms with E-state index in [0.29, 0.717) is 10.8 Å². The Balaban J connectivity index is 1.50. The van der Waals surface area contributed by atoms with Crippen LogP contribution in [-0.4, -0.2) is 33.0 Å². The Hall–Kier alpha value is -2.31. The number of anilines is 1. The van der Waals surface area contributed by atoms with Gasteiger partial charge in [-0.05, 0) is 37.1 Å². The number of thioether (sulfide) groups is 1. The van der Waals surface area contributed by atoms with Gasteiger partial charge in [0.15, 0.2) is 11.0 Å². The maximum Gasteiger partial charge on any atom is 0.237 e. The van der Waals surface area contributed by atoms with Gasteiger partial charge in [0.25, 0.3) is 0 Å². The fraction of sp³-hybridized carbons (Fsp3) is 0.250. The van der Waals surface area contributed by atoms with E-state index in [1.54, 1.807) is 0 Å². The molecule has 27 heavy (non-hydrogen) atoms. The highest BCUT2D eigenvalue weighted by Gasteiger charge is 2.24. The number of para-hydroxylation sites is 1. The monoisotopic (exact) mass is 398 g/mol. The zero-order chi connectivity index (χ0) is 18.8. The predicted octanol–water partition coefficient (Wildman–Crippen LogP) is 4.30. The molecule has 0 fully saturated rings. The number of aromatic nitrogens is 3. The van der Waals surface area contributed by atoms with Crippen molar-refractivity contribution in [2.75, 3.05) is 17.2 Å². The first-order valence-electron chi connectivity index (χ1n) is 8.87. The lowest BCUT2D eigenvalue weighted by Crippen LogP contribution is -2.30. The topological polar surface area (TPSA) is 51.0 Å². The summed E-state index contributed by atoms with van der Waals surface area (Å²) in [5.74, 6) is 1.20. The van der Waals surface area contributed by atoms with E-state index in [0.717, 1.165) is 41.7 Å². The van der Waals surface area contributed by atoms with Crippen molar-refractivity contribution in [2.24, 2.45) is 0 Å². The predicted molar refractivity (Wildman–Crippen MR) is 109 cm³/mol. The number of amides is 1. The van der Waals surface area contributed by atoms with E-state index in [9.17, 15) is 4.79 Å². The van der Waals surface area contributed by atoms with Crippen LogP contribution in [0.25, 0.3) is 11.4 Å². The van der Waals surface area contributed by atoms with E-state index >= 15 is 0 Å². The highest BCUT2D eigenvalue weighted by molar-refractivity contribution is 7.99. The number of rotatable bonds is 5. The lowest BCUT2D eigenvalue weighted by molar-refractivity contribution is -0.116. The Kier molecular flexibility index (Phi) is 5.18. The summed E-state index contributed by atoms with van der Waals surface area (Å²) in [7, 11) is 0. The summed E-state index contributed by atoms with van der Waals surface area (Å²) in [5.41, 5.74) is 3.18. The number of hydrogen-bond donors (Lipinski definition) is 0. The Morgan fingerprint density at radius 1 is 1.19 bits per heavy atom. The summed E-state index contributed by atoms with van der Waals surface area (Å²) in [6.07, 6.45) is 0.913. The molecule has 7 heteroatoms. The van der Waals surface area contributed by atoms with Gasteiger partial charge in [0.1, 0.15) is 0 Å². The van der Waals surface area contributed by atoms with Crippen molar-refractivity contribution in [3.63, 3.8) is 0 Å². The third-order valence-electron chi connectivity index (χ3n) is 4.63. The summed E-state index contributed by atoms with van der Waals surface area (Å²) in [6, 6.07) is 15.7. The molecule has 0 radical (unpaired) electrons. The molecular formula is C20H19ClN4OS. The van der Waals surface area contributed by atoms with Gasteiger partial charge in [0.2, 0.25) is 5.91 Å². The molecule has 1 aliphatic heterocycles. The van der Waals surface area contributed by atoms with Crippen molar-refractivity contribution in [3.8, 4) is 11.4 Å². The molecule has 1 aromatic heterocycles. The minimum Gasteiger partial charge on any atom is -0.311 e. The summed E-state index contributed by atoms with van der Waals surface area (Å²) >= 11 is 7.53. The van der Waals surface area contributed by atoms with Gasteiger partial charge in [-0.1, -0.05) is 53.7 Å². The SMILES string of the molecule is CCn1c(SCC(=O)N2CCc3ccccc32)nnc1-c1cccc(Cl)c1. The lowest BCUT2D eigenvalue weighted by atomic mass is 10.2. The third-order valence-corrected chi connectivity index (χ3v) is 5.82. The van der Waals surface area contributed by atoms with Crippen LogP contribution in [0.4, 0.5) is 5.69 Å². The Morgan fingerprint density at radius 3 is 2.85 bits per heavy atom.